The fourth-order valence-corrected chi connectivity index (χ4v) is 2.13. The normalized spacial score (nSPS) is 26.2. The van der Waals surface area contributed by atoms with Crippen molar-refractivity contribution in [2.24, 2.45) is 5.92 Å². The van der Waals surface area contributed by atoms with Crippen molar-refractivity contribution >= 4 is 12.0 Å². The maximum absolute atomic E-state index is 12.0. The van der Waals surface area contributed by atoms with Gasteiger partial charge in [-0.05, 0) is 26.2 Å². The Balaban J connectivity index is 2.02. The van der Waals surface area contributed by atoms with Gasteiger partial charge in [0.1, 0.15) is 6.61 Å². The van der Waals surface area contributed by atoms with Gasteiger partial charge in [-0.2, -0.15) is 0 Å². The molecule has 1 atom stereocenters. The van der Waals surface area contributed by atoms with E-state index in [-0.39, 0.29) is 11.8 Å². The van der Waals surface area contributed by atoms with Gasteiger partial charge in [0.15, 0.2) is 0 Å². The standard InChI is InChI=1S/C11H15NO3/c1-8-3-2-4-9(7-8)10(13)12-5-6-15-11(12)14/h3,9H,2,4-7H2,1H3/t9-/m0/s1. The Morgan fingerprint density at radius 3 is 3.00 bits per heavy atom. The molecule has 0 spiro atoms. The topological polar surface area (TPSA) is 46.6 Å². The molecule has 1 heterocycles. The van der Waals surface area contributed by atoms with Crippen LogP contribution < -0.4 is 0 Å². The summed E-state index contributed by atoms with van der Waals surface area (Å²) in [6.07, 6.45) is 4.24. The maximum Gasteiger partial charge on any atom is 0.416 e. The van der Waals surface area contributed by atoms with E-state index in [0.717, 1.165) is 19.3 Å². The van der Waals surface area contributed by atoms with Crippen molar-refractivity contribution in [3.63, 3.8) is 0 Å². The number of amides is 2. The molecule has 0 aromatic rings. The van der Waals surface area contributed by atoms with Crippen molar-refractivity contribution in [3.8, 4) is 0 Å². The van der Waals surface area contributed by atoms with Crippen LogP contribution in [0, 0.1) is 5.92 Å². The summed E-state index contributed by atoms with van der Waals surface area (Å²) in [5.74, 6) is -0.0920. The molecule has 4 nitrogen and oxygen atoms in total. The van der Waals surface area contributed by atoms with Crippen LogP contribution >= 0.6 is 0 Å². The number of carbonyl (C=O) groups is 2. The minimum atomic E-state index is -0.479. The van der Waals surface area contributed by atoms with Gasteiger partial charge < -0.3 is 4.74 Å². The molecule has 0 aromatic heterocycles. The zero-order valence-corrected chi connectivity index (χ0v) is 8.86. The van der Waals surface area contributed by atoms with Gasteiger partial charge in [-0.25, -0.2) is 9.69 Å². The summed E-state index contributed by atoms with van der Waals surface area (Å²) in [6, 6.07) is 0. The summed E-state index contributed by atoms with van der Waals surface area (Å²) >= 11 is 0. The van der Waals surface area contributed by atoms with Crippen LogP contribution in [0.15, 0.2) is 11.6 Å². The first-order valence-corrected chi connectivity index (χ1v) is 5.32. The van der Waals surface area contributed by atoms with Crippen LogP contribution in [0.25, 0.3) is 0 Å². The molecule has 4 heteroatoms. The lowest BCUT2D eigenvalue weighted by atomic mass is 9.88. The van der Waals surface area contributed by atoms with Gasteiger partial charge >= 0.3 is 6.09 Å². The number of rotatable bonds is 1. The first kappa shape index (κ1) is 10.2. The Bertz CT molecular complexity index is 322. The van der Waals surface area contributed by atoms with E-state index >= 15 is 0 Å². The second kappa shape index (κ2) is 4.04. The van der Waals surface area contributed by atoms with Crippen molar-refractivity contribution in [1.29, 1.82) is 0 Å². The summed E-state index contributed by atoms with van der Waals surface area (Å²) in [5.41, 5.74) is 1.24. The number of allylic oxidation sites excluding steroid dienone is 2. The van der Waals surface area contributed by atoms with Crippen molar-refractivity contribution < 1.29 is 14.3 Å². The Hall–Kier alpha value is -1.32. The molecule has 2 rings (SSSR count). The van der Waals surface area contributed by atoms with Crippen molar-refractivity contribution in [2.45, 2.75) is 26.2 Å². The number of hydrogen-bond donors (Lipinski definition) is 0. The number of ether oxygens (including phenoxy) is 1. The van der Waals surface area contributed by atoms with E-state index in [2.05, 4.69) is 6.08 Å². The summed E-state index contributed by atoms with van der Waals surface area (Å²) in [4.78, 5) is 24.4. The number of nitrogens with zero attached hydrogens (tertiary/aromatic N) is 1. The Kier molecular flexibility index (Phi) is 2.75. The molecule has 15 heavy (non-hydrogen) atoms. The summed E-state index contributed by atoms with van der Waals surface area (Å²) in [6.45, 7) is 2.78. The van der Waals surface area contributed by atoms with E-state index in [4.69, 9.17) is 4.74 Å². The average Bonchev–Trinajstić information content (AvgIpc) is 2.63. The Labute approximate surface area is 88.9 Å². The highest BCUT2D eigenvalue weighted by molar-refractivity contribution is 5.94. The molecule has 2 aliphatic rings. The van der Waals surface area contributed by atoms with Gasteiger partial charge in [0.05, 0.1) is 6.54 Å². The third kappa shape index (κ3) is 2.03. The fourth-order valence-electron chi connectivity index (χ4n) is 2.13. The predicted octanol–water partition coefficient (Wildman–Crippen LogP) is 1.71. The molecular weight excluding hydrogens is 194 g/mol. The zero-order valence-electron chi connectivity index (χ0n) is 8.86. The van der Waals surface area contributed by atoms with Gasteiger partial charge in [0.2, 0.25) is 5.91 Å². The van der Waals surface area contributed by atoms with E-state index in [1.807, 2.05) is 6.92 Å². The van der Waals surface area contributed by atoms with Crippen LogP contribution in [-0.4, -0.2) is 30.1 Å². The third-order valence-electron chi connectivity index (χ3n) is 2.95. The number of hydrogen-bond acceptors (Lipinski definition) is 3. The summed E-state index contributed by atoms with van der Waals surface area (Å²) < 4.78 is 4.76. The quantitative estimate of drug-likeness (QED) is 0.618. The largest absolute Gasteiger partial charge is 0.447 e. The van der Waals surface area contributed by atoms with Crippen molar-refractivity contribution in [3.05, 3.63) is 11.6 Å². The van der Waals surface area contributed by atoms with Gasteiger partial charge in [-0.3, -0.25) is 4.79 Å². The molecule has 1 fully saturated rings. The molecule has 82 valence electrons. The lowest BCUT2D eigenvalue weighted by Gasteiger charge is -2.23. The first-order chi connectivity index (χ1) is 7.18. The number of carbonyl (C=O) groups excluding carboxylic acids is 2. The molecular formula is C11H15NO3. The van der Waals surface area contributed by atoms with E-state index in [1.54, 1.807) is 0 Å². The minimum absolute atomic E-state index is 0.0272. The highest BCUT2D eigenvalue weighted by Gasteiger charge is 2.33. The van der Waals surface area contributed by atoms with E-state index in [0.29, 0.717) is 13.2 Å². The van der Waals surface area contributed by atoms with E-state index < -0.39 is 6.09 Å². The SMILES string of the molecule is CC1=CCC[C@H](C(=O)N2CCOC2=O)C1. The molecule has 0 saturated carbocycles. The van der Waals surface area contributed by atoms with E-state index in [1.165, 1.54) is 10.5 Å². The minimum Gasteiger partial charge on any atom is -0.447 e. The van der Waals surface area contributed by atoms with Gasteiger partial charge in [-0.1, -0.05) is 11.6 Å². The monoisotopic (exact) mass is 209 g/mol. The lowest BCUT2D eigenvalue weighted by molar-refractivity contribution is -0.132. The second-order valence-electron chi connectivity index (χ2n) is 4.13. The molecule has 2 amide bonds. The second-order valence-corrected chi connectivity index (χ2v) is 4.13. The molecule has 0 bridgehead atoms. The summed E-state index contributed by atoms with van der Waals surface area (Å²) in [7, 11) is 0. The Morgan fingerprint density at radius 2 is 2.40 bits per heavy atom. The highest BCUT2D eigenvalue weighted by Crippen LogP contribution is 2.26. The molecule has 0 radical (unpaired) electrons. The fraction of sp³-hybridized carbons (Fsp3) is 0.636. The average molecular weight is 209 g/mol. The van der Waals surface area contributed by atoms with Crippen molar-refractivity contribution in [1.82, 2.24) is 4.90 Å². The number of imide groups is 1. The third-order valence-corrected chi connectivity index (χ3v) is 2.95. The van der Waals surface area contributed by atoms with Crippen molar-refractivity contribution in [2.75, 3.05) is 13.2 Å². The Morgan fingerprint density at radius 1 is 1.60 bits per heavy atom. The molecule has 0 aromatic carbocycles. The van der Waals surface area contributed by atoms with E-state index in [9.17, 15) is 9.59 Å². The van der Waals surface area contributed by atoms with Crippen LogP contribution in [0.4, 0.5) is 4.79 Å². The molecule has 0 N–H and O–H groups in total. The molecule has 1 aliphatic carbocycles. The van der Waals surface area contributed by atoms with Gasteiger partial charge in [0.25, 0.3) is 0 Å². The summed E-state index contributed by atoms with van der Waals surface area (Å²) in [5, 5.41) is 0. The molecule has 0 unspecified atom stereocenters. The van der Waals surface area contributed by atoms with Crippen LogP contribution in [0.5, 0.6) is 0 Å². The smallest absolute Gasteiger partial charge is 0.416 e. The van der Waals surface area contributed by atoms with Gasteiger partial charge in [-0.15, -0.1) is 0 Å². The molecule has 1 aliphatic heterocycles. The predicted molar refractivity (Wildman–Crippen MR) is 54.2 cm³/mol. The van der Waals surface area contributed by atoms with Crippen LogP contribution in [0.2, 0.25) is 0 Å². The lowest BCUT2D eigenvalue weighted by Crippen LogP contribution is -2.37. The maximum atomic E-state index is 12.0. The van der Waals surface area contributed by atoms with Crippen LogP contribution in [-0.2, 0) is 9.53 Å². The first-order valence-electron chi connectivity index (χ1n) is 5.32. The zero-order chi connectivity index (χ0) is 10.8. The number of cyclic esters (lactones) is 1. The highest BCUT2D eigenvalue weighted by atomic mass is 16.6. The van der Waals surface area contributed by atoms with Crippen LogP contribution in [0.1, 0.15) is 26.2 Å². The van der Waals surface area contributed by atoms with Gasteiger partial charge in [0, 0.05) is 5.92 Å². The van der Waals surface area contributed by atoms with Crippen LogP contribution in [0.3, 0.4) is 0 Å². The molecule has 1 saturated heterocycles.